The predicted octanol–water partition coefficient (Wildman–Crippen LogP) is 2.98. The molecule has 0 aliphatic heterocycles. The van der Waals surface area contributed by atoms with E-state index in [4.69, 9.17) is 0 Å². The summed E-state index contributed by atoms with van der Waals surface area (Å²) in [4.78, 5) is 28.0. The van der Waals surface area contributed by atoms with E-state index in [0.29, 0.717) is 18.8 Å². The molecule has 1 rings (SSSR count). The highest BCUT2D eigenvalue weighted by atomic mass is 16.2. The van der Waals surface area contributed by atoms with Crippen LogP contribution in [0.15, 0.2) is 43.5 Å². The monoisotopic (exact) mass is 329 g/mol. The van der Waals surface area contributed by atoms with Crippen LogP contribution in [0.4, 0.5) is 11.4 Å². The molecule has 0 spiro atoms. The third kappa shape index (κ3) is 4.98. The van der Waals surface area contributed by atoms with E-state index < -0.39 is 11.8 Å². The zero-order valence-electron chi connectivity index (χ0n) is 14.8. The Morgan fingerprint density at radius 1 is 1.12 bits per heavy atom. The van der Waals surface area contributed by atoms with Gasteiger partial charge in [-0.1, -0.05) is 12.2 Å². The first-order valence-corrected chi connectivity index (χ1v) is 8.16. The number of amides is 2. The fraction of sp³-hybridized carbons (Fsp3) is 0.368. The van der Waals surface area contributed by atoms with Gasteiger partial charge in [-0.15, -0.1) is 13.2 Å². The number of hydrogen-bond donors (Lipinski definition) is 1. The van der Waals surface area contributed by atoms with Gasteiger partial charge in [-0.3, -0.25) is 9.59 Å². The number of anilines is 2. The lowest BCUT2D eigenvalue weighted by molar-refractivity contribution is -0.142. The summed E-state index contributed by atoms with van der Waals surface area (Å²) < 4.78 is 0. The van der Waals surface area contributed by atoms with Gasteiger partial charge in [0.25, 0.3) is 0 Å². The number of nitrogens with one attached hydrogen (secondary N) is 1. The van der Waals surface area contributed by atoms with Crippen LogP contribution in [0.2, 0.25) is 0 Å². The first-order chi connectivity index (χ1) is 11.5. The Labute approximate surface area is 144 Å². The van der Waals surface area contributed by atoms with E-state index in [1.807, 2.05) is 25.1 Å². The smallest absolute Gasteiger partial charge is 0.313 e. The molecule has 0 aromatic heterocycles. The summed E-state index contributed by atoms with van der Waals surface area (Å²) in [6.45, 7) is 15.7. The molecule has 1 aromatic carbocycles. The standard InChI is InChI=1S/C19H27N3O2/c1-6-12-22(13-7-2)19(24)18(23)20-17-11-10-16(14-15(17)5)21(8-3)9-4/h6-7,10-11,14H,1-2,8-9,12-13H2,3-5H3,(H,20,23). The molecule has 0 atom stereocenters. The van der Waals surface area contributed by atoms with E-state index in [-0.39, 0.29) is 0 Å². The number of benzene rings is 1. The van der Waals surface area contributed by atoms with E-state index >= 15 is 0 Å². The predicted molar refractivity (Wildman–Crippen MR) is 100 cm³/mol. The van der Waals surface area contributed by atoms with Crippen molar-refractivity contribution in [3.63, 3.8) is 0 Å². The van der Waals surface area contributed by atoms with E-state index in [2.05, 4.69) is 37.2 Å². The highest BCUT2D eigenvalue weighted by Crippen LogP contribution is 2.22. The zero-order valence-corrected chi connectivity index (χ0v) is 14.8. The summed E-state index contributed by atoms with van der Waals surface area (Å²) in [5.41, 5.74) is 2.66. The van der Waals surface area contributed by atoms with Crippen molar-refractivity contribution in [1.82, 2.24) is 4.90 Å². The molecule has 0 radical (unpaired) electrons. The number of rotatable bonds is 8. The maximum Gasteiger partial charge on any atom is 0.313 e. The van der Waals surface area contributed by atoms with Gasteiger partial charge in [0.05, 0.1) is 0 Å². The molecule has 24 heavy (non-hydrogen) atoms. The lowest BCUT2D eigenvalue weighted by atomic mass is 10.1. The Hall–Kier alpha value is -2.56. The largest absolute Gasteiger partial charge is 0.372 e. The molecule has 5 nitrogen and oxygen atoms in total. The third-order valence-corrected chi connectivity index (χ3v) is 3.77. The van der Waals surface area contributed by atoms with Crippen molar-refractivity contribution in [3.8, 4) is 0 Å². The molecule has 1 N–H and O–H groups in total. The SMILES string of the molecule is C=CCN(CC=C)C(=O)C(=O)Nc1ccc(N(CC)CC)cc1C. The van der Waals surface area contributed by atoms with Crippen LogP contribution in [-0.2, 0) is 9.59 Å². The van der Waals surface area contributed by atoms with Gasteiger partial charge in [-0.25, -0.2) is 0 Å². The van der Waals surface area contributed by atoms with Crippen LogP contribution in [0, 0.1) is 6.92 Å². The summed E-state index contributed by atoms with van der Waals surface area (Å²) in [6, 6.07) is 5.79. The van der Waals surface area contributed by atoms with Crippen molar-refractivity contribution >= 4 is 23.2 Å². The van der Waals surface area contributed by atoms with Crippen LogP contribution >= 0.6 is 0 Å². The Balaban J connectivity index is 2.88. The van der Waals surface area contributed by atoms with Gasteiger partial charge in [0.2, 0.25) is 0 Å². The van der Waals surface area contributed by atoms with Crippen LogP contribution in [0.5, 0.6) is 0 Å². The molecule has 0 saturated carbocycles. The van der Waals surface area contributed by atoms with E-state index in [0.717, 1.165) is 24.3 Å². The molecule has 0 aliphatic rings. The normalized spacial score (nSPS) is 9.96. The number of nitrogens with zero attached hydrogens (tertiary/aromatic N) is 2. The van der Waals surface area contributed by atoms with E-state index in [9.17, 15) is 9.59 Å². The Morgan fingerprint density at radius 3 is 2.17 bits per heavy atom. The molecule has 1 aromatic rings. The highest BCUT2D eigenvalue weighted by Gasteiger charge is 2.20. The second-order valence-corrected chi connectivity index (χ2v) is 5.41. The quantitative estimate of drug-likeness (QED) is 0.589. The minimum atomic E-state index is -0.655. The first kappa shape index (κ1) is 19.5. The maximum absolute atomic E-state index is 12.2. The van der Waals surface area contributed by atoms with Crippen molar-refractivity contribution in [2.75, 3.05) is 36.4 Å². The Bertz CT molecular complexity index is 597. The lowest BCUT2D eigenvalue weighted by Crippen LogP contribution is -2.40. The average Bonchev–Trinajstić information content (AvgIpc) is 2.57. The number of carbonyl (C=O) groups excluding carboxylic acids is 2. The van der Waals surface area contributed by atoms with Gasteiger partial charge in [-0.05, 0) is 44.5 Å². The van der Waals surface area contributed by atoms with E-state index in [1.54, 1.807) is 12.2 Å². The molecule has 0 saturated heterocycles. The molecule has 0 aliphatic carbocycles. The minimum Gasteiger partial charge on any atom is -0.372 e. The summed E-state index contributed by atoms with van der Waals surface area (Å²) in [6.07, 6.45) is 3.16. The lowest BCUT2D eigenvalue weighted by Gasteiger charge is -2.22. The van der Waals surface area contributed by atoms with Crippen LogP contribution in [0.25, 0.3) is 0 Å². The van der Waals surface area contributed by atoms with Crippen LogP contribution in [0.3, 0.4) is 0 Å². The zero-order chi connectivity index (χ0) is 18.1. The van der Waals surface area contributed by atoms with Gasteiger partial charge in [0.1, 0.15) is 0 Å². The summed E-state index contributed by atoms with van der Waals surface area (Å²) in [5, 5.41) is 2.69. The number of carbonyl (C=O) groups is 2. The second-order valence-electron chi connectivity index (χ2n) is 5.41. The molecule has 0 bridgehead atoms. The van der Waals surface area contributed by atoms with Gasteiger partial charge in [0, 0.05) is 37.6 Å². The van der Waals surface area contributed by atoms with Gasteiger partial charge < -0.3 is 15.1 Å². The molecular weight excluding hydrogens is 302 g/mol. The van der Waals surface area contributed by atoms with Crippen molar-refractivity contribution in [2.24, 2.45) is 0 Å². The summed E-state index contributed by atoms with van der Waals surface area (Å²) in [7, 11) is 0. The van der Waals surface area contributed by atoms with Crippen molar-refractivity contribution < 1.29 is 9.59 Å². The van der Waals surface area contributed by atoms with Crippen LogP contribution in [-0.4, -0.2) is 42.9 Å². The highest BCUT2D eigenvalue weighted by molar-refractivity contribution is 6.39. The molecule has 0 fully saturated rings. The third-order valence-electron chi connectivity index (χ3n) is 3.77. The van der Waals surface area contributed by atoms with Gasteiger partial charge in [-0.2, -0.15) is 0 Å². The van der Waals surface area contributed by atoms with Gasteiger partial charge in [0.15, 0.2) is 0 Å². The number of hydrogen-bond acceptors (Lipinski definition) is 3. The van der Waals surface area contributed by atoms with Crippen molar-refractivity contribution in [2.45, 2.75) is 20.8 Å². The molecule has 130 valence electrons. The minimum absolute atomic E-state index is 0.304. The Kier molecular flexibility index (Phi) is 7.75. The topological polar surface area (TPSA) is 52.7 Å². The molecule has 0 unspecified atom stereocenters. The van der Waals surface area contributed by atoms with E-state index in [1.165, 1.54) is 4.90 Å². The average molecular weight is 329 g/mol. The second kappa shape index (κ2) is 9.55. The van der Waals surface area contributed by atoms with Crippen LogP contribution < -0.4 is 10.2 Å². The van der Waals surface area contributed by atoms with Crippen molar-refractivity contribution in [3.05, 3.63) is 49.1 Å². The first-order valence-electron chi connectivity index (χ1n) is 8.16. The summed E-state index contributed by atoms with van der Waals surface area (Å²) in [5.74, 6) is -1.25. The summed E-state index contributed by atoms with van der Waals surface area (Å²) >= 11 is 0. The molecule has 2 amide bonds. The van der Waals surface area contributed by atoms with Crippen molar-refractivity contribution in [1.29, 1.82) is 0 Å². The van der Waals surface area contributed by atoms with Gasteiger partial charge >= 0.3 is 11.8 Å². The molecule has 0 heterocycles. The maximum atomic E-state index is 12.2. The number of aryl methyl sites for hydroxylation is 1. The molecule has 5 heteroatoms. The molecular formula is C19H27N3O2. The fourth-order valence-electron chi connectivity index (χ4n) is 2.44. The fourth-order valence-corrected chi connectivity index (χ4v) is 2.44. The Morgan fingerprint density at radius 2 is 1.71 bits per heavy atom. The van der Waals surface area contributed by atoms with Crippen LogP contribution in [0.1, 0.15) is 19.4 Å².